The summed E-state index contributed by atoms with van der Waals surface area (Å²) in [5.41, 5.74) is 2.33. The summed E-state index contributed by atoms with van der Waals surface area (Å²) in [6, 6.07) is 6.62. The van der Waals surface area contributed by atoms with Crippen molar-refractivity contribution in [3.05, 3.63) is 62.8 Å². The number of rotatable bonds is 5. The van der Waals surface area contributed by atoms with Crippen molar-refractivity contribution < 1.29 is 9.90 Å². The van der Waals surface area contributed by atoms with Gasteiger partial charge in [-0.3, -0.25) is 9.36 Å². The Balaban J connectivity index is 1.80. The number of fused-ring (bicyclic) bond motifs is 1. The minimum absolute atomic E-state index is 0.0537. The van der Waals surface area contributed by atoms with Gasteiger partial charge < -0.3 is 15.3 Å². The van der Waals surface area contributed by atoms with E-state index < -0.39 is 5.97 Å². The molecule has 30 heavy (non-hydrogen) atoms. The van der Waals surface area contributed by atoms with E-state index in [2.05, 4.69) is 22.4 Å². The van der Waals surface area contributed by atoms with E-state index in [9.17, 15) is 14.7 Å². The molecule has 2 aromatic heterocycles. The third-order valence-electron chi connectivity index (χ3n) is 5.42. The molecule has 0 saturated carbocycles. The molecular formula is C22H24N4O3S. The van der Waals surface area contributed by atoms with E-state index in [1.165, 1.54) is 11.3 Å². The number of hydrogen-bond donors (Lipinski definition) is 2. The average molecular weight is 425 g/mol. The molecule has 0 saturated heterocycles. The van der Waals surface area contributed by atoms with Crippen molar-refractivity contribution in [1.29, 1.82) is 0 Å². The highest BCUT2D eigenvalue weighted by Gasteiger charge is 2.23. The van der Waals surface area contributed by atoms with E-state index in [4.69, 9.17) is 4.98 Å². The van der Waals surface area contributed by atoms with Gasteiger partial charge in [0.05, 0.1) is 17.1 Å². The summed E-state index contributed by atoms with van der Waals surface area (Å²) < 4.78 is 2.25. The number of nitrogens with one attached hydrogen (secondary N) is 1. The summed E-state index contributed by atoms with van der Waals surface area (Å²) in [6.07, 6.45) is 5.15. The number of aryl methyl sites for hydroxylation is 1. The Hall–Kier alpha value is -3.13. The SMILES string of the molecule is Cc1sc2c(=O)n(C)c(N3CC=CCC3)nc2c1C(C)Nc1ccccc1C(=O)O. The smallest absolute Gasteiger partial charge is 0.337 e. The number of carboxylic acids is 1. The lowest BCUT2D eigenvalue weighted by Gasteiger charge is -2.26. The van der Waals surface area contributed by atoms with Gasteiger partial charge >= 0.3 is 5.97 Å². The first-order valence-corrected chi connectivity index (χ1v) is 10.7. The lowest BCUT2D eigenvalue weighted by atomic mass is 10.1. The van der Waals surface area contributed by atoms with Crippen molar-refractivity contribution >= 4 is 39.2 Å². The van der Waals surface area contributed by atoms with E-state index in [1.807, 2.05) is 13.8 Å². The molecule has 4 rings (SSSR count). The molecule has 1 atom stereocenters. The maximum absolute atomic E-state index is 13.1. The fourth-order valence-electron chi connectivity index (χ4n) is 3.94. The Morgan fingerprint density at radius 2 is 2.07 bits per heavy atom. The number of benzene rings is 1. The molecule has 0 fully saturated rings. The molecular weight excluding hydrogens is 400 g/mol. The second-order valence-corrected chi connectivity index (χ2v) is 8.67. The third kappa shape index (κ3) is 3.47. The lowest BCUT2D eigenvalue weighted by molar-refractivity contribution is 0.0698. The molecule has 2 N–H and O–H groups in total. The third-order valence-corrected chi connectivity index (χ3v) is 6.52. The topological polar surface area (TPSA) is 87.5 Å². The van der Waals surface area contributed by atoms with Crippen molar-refractivity contribution in [2.45, 2.75) is 26.3 Å². The molecule has 0 aliphatic carbocycles. The van der Waals surface area contributed by atoms with Gasteiger partial charge in [-0.15, -0.1) is 11.3 Å². The fourth-order valence-corrected chi connectivity index (χ4v) is 5.10. The van der Waals surface area contributed by atoms with Crippen LogP contribution in [-0.2, 0) is 7.05 Å². The summed E-state index contributed by atoms with van der Waals surface area (Å²) in [6.45, 7) is 5.49. The zero-order valence-electron chi connectivity index (χ0n) is 17.2. The molecule has 0 bridgehead atoms. The molecule has 156 valence electrons. The minimum Gasteiger partial charge on any atom is -0.478 e. The fraction of sp³-hybridized carbons (Fsp3) is 0.318. The van der Waals surface area contributed by atoms with Gasteiger partial charge in [-0.2, -0.15) is 0 Å². The Morgan fingerprint density at radius 1 is 1.30 bits per heavy atom. The van der Waals surface area contributed by atoms with Crippen LogP contribution >= 0.6 is 11.3 Å². The largest absolute Gasteiger partial charge is 0.478 e. The second kappa shape index (κ2) is 7.95. The number of aromatic carboxylic acids is 1. The predicted octanol–water partition coefficient (Wildman–Crippen LogP) is 3.94. The van der Waals surface area contributed by atoms with E-state index in [-0.39, 0.29) is 17.2 Å². The van der Waals surface area contributed by atoms with Crippen LogP contribution in [0.3, 0.4) is 0 Å². The quantitative estimate of drug-likeness (QED) is 0.603. The van der Waals surface area contributed by atoms with Crippen LogP contribution in [0.25, 0.3) is 10.2 Å². The Kier molecular flexibility index (Phi) is 5.34. The van der Waals surface area contributed by atoms with Gasteiger partial charge in [0, 0.05) is 36.3 Å². The van der Waals surface area contributed by atoms with Crippen LogP contribution in [0.5, 0.6) is 0 Å². The normalized spacial score (nSPS) is 14.8. The second-order valence-electron chi connectivity index (χ2n) is 7.45. The van der Waals surface area contributed by atoms with Crippen LogP contribution in [0, 0.1) is 6.92 Å². The molecule has 1 unspecified atom stereocenters. The number of carbonyl (C=O) groups is 1. The number of para-hydroxylation sites is 1. The van der Waals surface area contributed by atoms with Gasteiger partial charge in [-0.05, 0) is 32.4 Å². The highest BCUT2D eigenvalue weighted by atomic mass is 32.1. The zero-order chi connectivity index (χ0) is 21.4. The first kappa shape index (κ1) is 20.2. The van der Waals surface area contributed by atoms with E-state index in [0.717, 1.165) is 30.0 Å². The Labute approximate surface area is 178 Å². The van der Waals surface area contributed by atoms with Crippen LogP contribution in [0.4, 0.5) is 11.6 Å². The van der Waals surface area contributed by atoms with Gasteiger partial charge in [-0.25, -0.2) is 9.78 Å². The number of nitrogens with zero attached hydrogens (tertiary/aromatic N) is 3. The van der Waals surface area contributed by atoms with Crippen LogP contribution in [0.15, 0.2) is 41.2 Å². The molecule has 0 radical (unpaired) electrons. The highest BCUT2D eigenvalue weighted by Crippen LogP contribution is 2.35. The first-order chi connectivity index (χ1) is 14.4. The standard InChI is InChI=1S/C22H24N4O3S/c1-13(23-16-10-6-5-9-15(16)21(28)29)17-14(2)30-19-18(17)24-22(25(3)20(19)27)26-11-7-4-8-12-26/h4-7,9-10,13,23H,8,11-12H2,1-3H3,(H,28,29). The van der Waals surface area contributed by atoms with Gasteiger partial charge in [0.2, 0.25) is 5.95 Å². The lowest BCUT2D eigenvalue weighted by Crippen LogP contribution is -2.33. The summed E-state index contributed by atoms with van der Waals surface area (Å²) in [7, 11) is 1.77. The van der Waals surface area contributed by atoms with Gasteiger partial charge in [-0.1, -0.05) is 24.3 Å². The van der Waals surface area contributed by atoms with E-state index >= 15 is 0 Å². The number of thiophene rings is 1. The molecule has 0 spiro atoms. The molecule has 0 amide bonds. The first-order valence-electron chi connectivity index (χ1n) is 9.87. The van der Waals surface area contributed by atoms with E-state index in [0.29, 0.717) is 21.9 Å². The van der Waals surface area contributed by atoms with Gasteiger partial charge in [0.15, 0.2) is 0 Å². The van der Waals surface area contributed by atoms with Crippen LogP contribution in [0.2, 0.25) is 0 Å². The van der Waals surface area contributed by atoms with Crippen molar-refractivity contribution in [3.63, 3.8) is 0 Å². The molecule has 3 aromatic rings. The molecule has 8 heteroatoms. The summed E-state index contributed by atoms with van der Waals surface area (Å²) in [5.74, 6) is -0.321. The maximum atomic E-state index is 13.1. The Bertz CT molecular complexity index is 1210. The number of aromatic nitrogens is 2. The number of hydrogen-bond acceptors (Lipinski definition) is 6. The Morgan fingerprint density at radius 3 is 2.77 bits per heavy atom. The summed E-state index contributed by atoms with van der Waals surface area (Å²) in [4.78, 5) is 32.7. The van der Waals surface area contributed by atoms with Gasteiger partial charge in [0.1, 0.15) is 4.70 Å². The molecule has 3 heterocycles. The number of anilines is 2. The van der Waals surface area contributed by atoms with Crippen LogP contribution < -0.4 is 15.8 Å². The molecule has 1 aliphatic rings. The predicted molar refractivity (Wildman–Crippen MR) is 121 cm³/mol. The summed E-state index contributed by atoms with van der Waals surface area (Å²) >= 11 is 1.44. The van der Waals surface area contributed by atoms with Crippen molar-refractivity contribution in [2.24, 2.45) is 7.05 Å². The van der Waals surface area contributed by atoms with E-state index in [1.54, 1.807) is 35.9 Å². The molecule has 7 nitrogen and oxygen atoms in total. The van der Waals surface area contributed by atoms with Crippen LogP contribution in [-0.4, -0.2) is 33.7 Å². The highest BCUT2D eigenvalue weighted by molar-refractivity contribution is 7.19. The van der Waals surface area contributed by atoms with Crippen molar-refractivity contribution in [3.8, 4) is 0 Å². The van der Waals surface area contributed by atoms with Gasteiger partial charge in [0.25, 0.3) is 5.56 Å². The number of carboxylic acid groups (broad SMARTS) is 1. The minimum atomic E-state index is -0.982. The molecule has 1 aliphatic heterocycles. The maximum Gasteiger partial charge on any atom is 0.337 e. The monoisotopic (exact) mass is 424 g/mol. The van der Waals surface area contributed by atoms with Crippen molar-refractivity contribution in [1.82, 2.24) is 9.55 Å². The zero-order valence-corrected chi connectivity index (χ0v) is 18.0. The summed E-state index contributed by atoms with van der Waals surface area (Å²) in [5, 5.41) is 12.8. The molecule has 1 aromatic carbocycles. The van der Waals surface area contributed by atoms with Crippen LogP contribution in [0.1, 0.15) is 40.2 Å². The average Bonchev–Trinajstić information content (AvgIpc) is 3.07. The van der Waals surface area contributed by atoms with Crippen molar-refractivity contribution in [2.75, 3.05) is 23.3 Å².